The van der Waals surface area contributed by atoms with Crippen molar-refractivity contribution in [2.45, 2.75) is 0 Å². The van der Waals surface area contributed by atoms with Crippen molar-refractivity contribution >= 4 is 65.4 Å². The van der Waals surface area contributed by atoms with Crippen LogP contribution >= 0.6 is 0 Å². The Labute approximate surface area is 228 Å². The van der Waals surface area contributed by atoms with Gasteiger partial charge in [0.15, 0.2) is 0 Å². The molecule has 0 unspecified atom stereocenters. The van der Waals surface area contributed by atoms with Crippen LogP contribution in [0.2, 0.25) is 0 Å². The lowest BCUT2D eigenvalue weighted by atomic mass is 10.0. The standard InChI is InChI=1S/C36H21N3O/c1-2-11-23(12-3-1)33-27-15-6-8-16-29(27)37-36(38-33)39-30-21-20-26-25-14-7-9-17-31(25)40-35(26)32(30)28-19-18-22-10-4-5-13-24(22)34(28)39/h1-21H. The Hall–Kier alpha value is -5.48. The van der Waals surface area contributed by atoms with E-state index >= 15 is 0 Å². The number of para-hydroxylation sites is 2. The van der Waals surface area contributed by atoms with Crippen LogP contribution in [0, 0.1) is 0 Å². The highest BCUT2D eigenvalue weighted by Gasteiger charge is 2.22. The van der Waals surface area contributed by atoms with E-state index in [4.69, 9.17) is 14.4 Å². The summed E-state index contributed by atoms with van der Waals surface area (Å²) < 4.78 is 8.76. The summed E-state index contributed by atoms with van der Waals surface area (Å²) in [6.07, 6.45) is 0. The lowest BCUT2D eigenvalue weighted by Gasteiger charge is -2.12. The Balaban J connectivity index is 1.50. The Morgan fingerprint density at radius 2 is 1.25 bits per heavy atom. The maximum Gasteiger partial charge on any atom is 0.235 e. The molecule has 0 atom stereocenters. The Kier molecular flexibility index (Phi) is 4.30. The zero-order chi connectivity index (χ0) is 26.2. The van der Waals surface area contributed by atoms with Crippen LogP contribution in [-0.2, 0) is 0 Å². The molecule has 0 saturated heterocycles. The van der Waals surface area contributed by atoms with Crippen molar-refractivity contribution in [3.05, 3.63) is 127 Å². The van der Waals surface area contributed by atoms with Gasteiger partial charge in [-0.15, -0.1) is 0 Å². The summed E-state index contributed by atoms with van der Waals surface area (Å²) in [4.78, 5) is 10.4. The van der Waals surface area contributed by atoms with Crippen LogP contribution in [-0.4, -0.2) is 14.5 Å². The lowest BCUT2D eigenvalue weighted by Crippen LogP contribution is -2.03. The van der Waals surface area contributed by atoms with Crippen molar-refractivity contribution in [1.29, 1.82) is 0 Å². The minimum Gasteiger partial charge on any atom is -0.455 e. The molecule has 40 heavy (non-hydrogen) atoms. The van der Waals surface area contributed by atoms with Crippen LogP contribution in [0.4, 0.5) is 0 Å². The summed E-state index contributed by atoms with van der Waals surface area (Å²) >= 11 is 0. The predicted molar refractivity (Wildman–Crippen MR) is 164 cm³/mol. The molecule has 3 aromatic heterocycles. The molecule has 186 valence electrons. The number of hydrogen-bond donors (Lipinski definition) is 0. The van der Waals surface area contributed by atoms with Crippen molar-refractivity contribution < 1.29 is 4.42 Å². The molecule has 0 aliphatic carbocycles. The number of furan rings is 1. The van der Waals surface area contributed by atoms with E-state index in [1.54, 1.807) is 0 Å². The molecule has 9 rings (SSSR count). The number of aromatic nitrogens is 3. The summed E-state index contributed by atoms with van der Waals surface area (Å²) in [5, 5.41) is 7.78. The van der Waals surface area contributed by atoms with Gasteiger partial charge in [0.25, 0.3) is 0 Å². The van der Waals surface area contributed by atoms with Crippen LogP contribution < -0.4 is 0 Å². The van der Waals surface area contributed by atoms with Gasteiger partial charge in [0, 0.05) is 32.5 Å². The summed E-state index contributed by atoms with van der Waals surface area (Å²) in [5.74, 6) is 0.643. The van der Waals surface area contributed by atoms with E-state index in [2.05, 4.69) is 102 Å². The second kappa shape index (κ2) is 8.01. The van der Waals surface area contributed by atoms with Crippen LogP contribution in [0.15, 0.2) is 132 Å². The minimum atomic E-state index is 0.643. The molecular weight excluding hydrogens is 490 g/mol. The topological polar surface area (TPSA) is 43.9 Å². The average Bonchev–Trinajstić information content (AvgIpc) is 3.57. The Morgan fingerprint density at radius 1 is 0.525 bits per heavy atom. The molecule has 0 N–H and O–H groups in total. The molecule has 0 aliphatic heterocycles. The fourth-order valence-corrected chi connectivity index (χ4v) is 6.23. The van der Waals surface area contributed by atoms with Crippen molar-refractivity contribution in [2.24, 2.45) is 0 Å². The monoisotopic (exact) mass is 511 g/mol. The molecule has 9 aromatic rings. The zero-order valence-electron chi connectivity index (χ0n) is 21.4. The van der Waals surface area contributed by atoms with Gasteiger partial charge in [0.05, 0.1) is 27.6 Å². The van der Waals surface area contributed by atoms with Gasteiger partial charge in [-0.1, -0.05) is 103 Å². The first-order valence-corrected chi connectivity index (χ1v) is 13.4. The molecule has 3 heterocycles. The van der Waals surface area contributed by atoms with Gasteiger partial charge in [-0.25, -0.2) is 9.97 Å². The van der Waals surface area contributed by atoms with Gasteiger partial charge in [-0.3, -0.25) is 4.57 Å². The van der Waals surface area contributed by atoms with Gasteiger partial charge in [-0.2, -0.15) is 0 Å². The fraction of sp³-hybridized carbons (Fsp3) is 0. The highest BCUT2D eigenvalue weighted by molar-refractivity contribution is 6.27. The van der Waals surface area contributed by atoms with E-state index in [1.807, 2.05) is 30.3 Å². The highest BCUT2D eigenvalue weighted by Crippen LogP contribution is 2.42. The van der Waals surface area contributed by atoms with Crippen molar-refractivity contribution in [3.63, 3.8) is 0 Å². The van der Waals surface area contributed by atoms with E-state index in [0.29, 0.717) is 5.95 Å². The van der Waals surface area contributed by atoms with Crippen LogP contribution in [0.25, 0.3) is 82.6 Å². The van der Waals surface area contributed by atoms with Crippen LogP contribution in [0.1, 0.15) is 0 Å². The first kappa shape index (κ1) is 21.5. The van der Waals surface area contributed by atoms with Crippen molar-refractivity contribution in [2.75, 3.05) is 0 Å². The number of rotatable bonds is 2. The first-order valence-electron chi connectivity index (χ1n) is 13.4. The molecule has 4 nitrogen and oxygen atoms in total. The van der Waals surface area contributed by atoms with Gasteiger partial charge >= 0.3 is 0 Å². The van der Waals surface area contributed by atoms with Gasteiger partial charge < -0.3 is 4.42 Å². The molecule has 0 fully saturated rings. The molecule has 0 bridgehead atoms. The van der Waals surface area contributed by atoms with E-state index in [-0.39, 0.29) is 0 Å². The normalized spacial score (nSPS) is 12.0. The summed E-state index contributed by atoms with van der Waals surface area (Å²) in [6.45, 7) is 0. The number of nitrogens with zero attached hydrogens (tertiary/aromatic N) is 3. The summed E-state index contributed by atoms with van der Waals surface area (Å²) in [6, 6.07) is 44.1. The van der Waals surface area contributed by atoms with Gasteiger partial charge in [0.1, 0.15) is 11.2 Å². The molecule has 0 aliphatic rings. The van der Waals surface area contributed by atoms with E-state index < -0.39 is 0 Å². The van der Waals surface area contributed by atoms with Crippen LogP contribution in [0.3, 0.4) is 0 Å². The summed E-state index contributed by atoms with van der Waals surface area (Å²) in [7, 11) is 0. The SMILES string of the molecule is c1ccc(-c2nc(-n3c4ccc5c6ccccc6oc5c4c4ccc5ccccc5c43)nc3ccccc23)cc1. The molecule has 0 radical (unpaired) electrons. The first-order chi connectivity index (χ1) is 19.8. The van der Waals surface area contributed by atoms with Gasteiger partial charge in [-0.05, 0) is 29.7 Å². The lowest BCUT2D eigenvalue weighted by molar-refractivity contribution is 0.673. The maximum atomic E-state index is 6.54. The molecular formula is C36H21N3O. The van der Waals surface area contributed by atoms with Crippen molar-refractivity contribution in [3.8, 4) is 17.2 Å². The third kappa shape index (κ3) is 2.90. The molecule has 0 spiro atoms. The number of hydrogen-bond acceptors (Lipinski definition) is 3. The van der Waals surface area contributed by atoms with Gasteiger partial charge in [0.2, 0.25) is 5.95 Å². The summed E-state index contributed by atoms with van der Waals surface area (Å²) in [5.41, 5.74) is 6.77. The third-order valence-electron chi connectivity index (χ3n) is 8.00. The average molecular weight is 512 g/mol. The Morgan fingerprint density at radius 3 is 2.15 bits per heavy atom. The minimum absolute atomic E-state index is 0.643. The Bertz CT molecular complexity index is 2430. The van der Waals surface area contributed by atoms with Crippen LogP contribution in [0.5, 0.6) is 0 Å². The molecule has 0 saturated carbocycles. The largest absolute Gasteiger partial charge is 0.455 e. The van der Waals surface area contributed by atoms with Crippen molar-refractivity contribution in [1.82, 2.24) is 14.5 Å². The number of benzene rings is 6. The highest BCUT2D eigenvalue weighted by atomic mass is 16.3. The second-order valence-electron chi connectivity index (χ2n) is 10.2. The zero-order valence-corrected chi connectivity index (χ0v) is 21.4. The van der Waals surface area contributed by atoms with E-state index in [1.165, 1.54) is 5.39 Å². The quantitative estimate of drug-likeness (QED) is 0.232. The number of fused-ring (bicyclic) bond motifs is 10. The molecule has 6 aromatic carbocycles. The molecule has 0 amide bonds. The molecule has 4 heteroatoms. The second-order valence-corrected chi connectivity index (χ2v) is 10.2. The smallest absolute Gasteiger partial charge is 0.235 e. The maximum absolute atomic E-state index is 6.54. The van der Waals surface area contributed by atoms with E-state index in [9.17, 15) is 0 Å². The fourth-order valence-electron chi connectivity index (χ4n) is 6.23. The van der Waals surface area contributed by atoms with E-state index in [0.717, 1.165) is 71.3 Å². The third-order valence-corrected chi connectivity index (χ3v) is 8.00. The predicted octanol–water partition coefficient (Wildman–Crippen LogP) is 9.45.